The van der Waals surface area contributed by atoms with E-state index in [0.717, 1.165) is 6.26 Å². The Morgan fingerprint density at radius 2 is 2.06 bits per heavy atom. The third kappa shape index (κ3) is 4.12. The third-order valence-electron chi connectivity index (χ3n) is 2.38. The summed E-state index contributed by atoms with van der Waals surface area (Å²) in [5.74, 6) is -0.228. The molecule has 1 unspecified atom stereocenters. The van der Waals surface area contributed by atoms with Gasteiger partial charge >= 0.3 is 0 Å². The molecule has 3 N–H and O–H groups in total. The molecule has 1 amide bonds. The smallest absolute Gasteiger partial charge is 0.225 e. The lowest BCUT2D eigenvalue weighted by molar-refractivity contribution is -0.116. The number of carbonyl (C=O) groups is 1. The topological polar surface area (TPSA) is 89.3 Å². The molecule has 0 saturated heterocycles. The maximum Gasteiger partial charge on any atom is 0.225 e. The van der Waals surface area contributed by atoms with Gasteiger partial charge in [0.2, 0.25) is 5.91 Å². The van der Waals surface area contributed by atoms with Crippen molar-refractivity contribution in [3.05, 3.63) is 23.8 Å². The fraction of sp³-hybridized carbons (Fsp3) is 0.417. The number of carbonyl (C=O) groups excluding carboxylic acids is 1. The normalized spacial score (nSPS) is 13.1. The van der Waals surface area contributed by atoms with Crippen molar-refractivity contribution < 1.29 is 13.2 Å². The second-order valence-corrected chi connectivity index (χ2v) is 6.47. The first-order valence-electron chi connectivity index (χ1n) is 5.56. The van der Waals surface area contributed by atoms with Crippen LogP contribution in [0.25, 0.3) is 0 Å². The Bertz CT molecular complexity index is 550. The van der Waals surface area contributed by atoms with Crippen LogP contribution in [0.5, 0.6) is 0 Å². The molecule has 0 saturated carbocycles. The predicted octanol–water partition coefficient (Wildman–Crippen LogP) is 1.07. The molecule has 18 heavy (non-hydrogen) atoms. The number of nitrogens with one attached hydrogen (secondary N) is 1. The molecule has 6 heteroatoms. The summed E-state index contributed by atoms with van der Waals surface area (Å²) in [6.07, 6.45) is 1.34. The average Bonchev–Trinajstić information content (AvgIpc) is 2.17. The van der Waals surface area contributed by atoms with Gasteiger partial charge in [-0.3, -0.25) is 4.79 Å². The molecule has 0 aromatic heterocycles. The molecule has 0 spiro atoms. The van der Waals surface area contributed by atoms with E-state index in [1.165, 1.54) is 6.07 Å². The number of rotatable bonds is 4. The van der Waals surface area contributed by atoms with Gasteiger partial charge in [-0.05, 0) is 31.5 Å². The van der Waals surface area contributed by atoms with Crippen LogP contribution in [-0.2, 0) is 14.6 Å². The van der Waals surface area contributed by atoms with E-state index >= 15 is 0 Å². The van der Waals surface area contributed by atoms with Crippen molar-refractivity contribution in [1.29, 1.82) is 0 Å². The summed E-state index contributed by atoms with van der Waals surface area (Å²) in [5, 5.41) is 2.63. The summed E-state index contributed by atoms with van der Waals surface area (Å²) < 4.78 is 23.1. The highest BCUT2D eigenvalue weighted by atomic mass is 32.2. The van der Waals surface area contributed by atoms with Crippen molar-refractivity contribution in [2.45, 2.75) is 31.2 Å². The van der Waals surface area contributed by atoms with Crippen LogP contribution in [0.3, 0.4) is 0 Å². The number of sulfone groups is 1. The van der Waals surface area contributed by atoms with Gasteiger partial charge in [-0.25, -0.2) is 8.42 Å². The maximum atomic E-state index is 11.5. The van der Waals surface area contributed by atoms with Crippen molar-refractivity contribution in [3.8, 4) is 0 Å². The average molecular weight is 270 g/mol. The second kappa shape index (κ2) is 5.49. The van der Waals surface area contributed by atoms with Gasteiger partial charge in [-0.15, -0.1) is 0 Å². The number of nitrogens with two attached hydrogens (primary N) is 1. The molecule has 0 heterocycles. The van der Waals surface area contributed by atoms with Crippen LogP contribution in [-0.4, -0.2) is 26.6 Å². The van der Waals surface area contributed by atoms with Crippen LogP contribution in [0.15, 0.2) is 23.1 Å². The molecular formula is C12H18N2O3S. The SMILES string of the molecule is Cc1ccc(NC(=O)CC(C)N)cc1S(C)(=O)=O. The Morgan fingerprint density at radius 3 is 2.56 bits per heavy atom. The standard InChI is InChI=1S/C12H18N2O3S/c1-8-4-5-10(7-11(8)18(3,16)17)14-12(15)6-9(2)13/h4-5,7,9H,6,13H2,1-3H3,(H,14,15). The highest BCUT2D eigenvalue weighted by Crippen LogP contribution is 2.20. The van der Waals surface area contributed by atoms with Gasteiger partial charge in [0, 0.05) is 24.4 Å². The first kappa shape index (κ1) is 14.7. The summed E-state index contributed by atoms with van der Waals surface area (Å²) in [6, 6.07) is 4.56. The van der Waals surface area contributed by atoms with Gasteiger partial charge < -0.3 is 11.1 Å². The van der Waals surface area contributed by atoms with Crippen LogP contribution >= 0.6 is 0 Å². The predicted molar refractivity (Wildman–Crippen MR) is 71.2 cm³/mol. The third-order valence-corrected chi connectivity index (χ3v) is 3.62. The number of hydrogen-bond donors (Lipinski definition) is 2. The fourth-order valence-electron chi connectivity index (χ4n) is 1.58. The summed E-state index contributed by atoms with van der Waals surface area (Å²) in [6.45, 7) is 3.45. The van der Waals surface area contributed by atoms with Crippen molar-refractivity contribution in [3.63, 3.8) is 0 Å². The molecule has 1 aromatic carbocycles. The highest BCUT2D eigenvalue weighted by Gasteiger charge is 2.12. The van der Waals surface area contributed by atoms with Gasteiger partial charge in [-0.1, -0.05) is 6.07 Å². The van der Waals surface area contributed by atoms with Crippen LogP contribution in [0.4, 0.5) is 5.69 Å². The van der Waals surface area contributed by atoms with Gasteiger partial charge in [-0.2, -0.15) is 0 Å². The Kier molecular flexibility index (Phi) is 4.48. The van der Waals surface area contributed by atoms with Crippen LogP contribution in [0, 0.1) is 6.92 Å². The van der Waals surface area contributed by atoms with Crippen molar-refractivity contribution in [1.82, 2.24) is 0 Å². The zero-order valence-corrected chi connectivity index (χ0v) is 11.5. The van der Waals surface area contributed by atoms with E-state index in [2.05, 4.69) is 5.32 Å². The number of benzene rings is 1. The molecule has 0 bridgehead atoms. The monoisotopic (exact) mass is 270 g/mol. The molecule has 0 radical (unpaired) electrons. The van der Waals surface area contributed by atoms with Crippen LogP contribution in [0.1, 0.15) is 18.9 Å². The lowest BCUT2D eigenvalue weighted by atomic mass is 10.2. The van der Waals surface area contributed by atoms with Gasteiger partial charge in [0.25, 0.3) is 0 Å². The van der Waals surface area contributed by atoms with Crippen LogP contribution < -0.4 is 11.1 Å². The van der Waals surface area contributed by atoms with Crippen molar-refractivity contribution >= 4 is 21.4 Å². The lowest BCUT2D eigenvalue weighted by Crippen LogP contribution is -2.24. The summed E-state index contributed by atoms with van der Waals surface area (Å²) in [5.41, 5.74) is 6.63. The highest BCUT2D eigenvalue weighted by molar-refractivity contribution is 7.90. The number of aryl methyl sites for hydroxylation is 1. The largest absolute Gasteiger partial charge is 0.327 e. The Hall–Kier alpha value is -1.40. The maximum absolute atomic E-state index is 11.5. The number of anilines is 1. The molecule has 1 aromatic rings. The first-order chi connectivity index (χ1) is 8.20. The molecule has 0 aliphatic carbocycles. The Morgan fingerprint density at radius 1 is 1.44 bits per heavy atom. The van der Waals surface area contributed by atoms with E-state index in [1.807, 2.05) is 0 Å². The fourth-order valence-corrected chi connectivity index (χ4v) is 2.58. The minimum absolute atomic E-state index is 0.197. The molecule has 1 rings (SSSR count). The molecule has 5 nitrogen and oxygen atoms in total. The zero-order valence-electron chi connectivity index (χ0n) is 10.7. The van der Waals surface area contributed by atoms with E-state index in [9.17, 15) is 13.2 Å². The molecule has 0 aliphatic heterocycles. The number of hydrogen-bond acceptors (Lipinski definition) is 4. The van der Waals surface area contributed by atoms with Gasteiger partial charge in [0.1, 0.15) is 0 Å². The minimum atomic E-state index is -3.29. The van der Waals surface area contributed by atoms with Gasteiger partial charge in [0.15, 0.2) is 9.84 Å². The lowest BCUT2D eigenvalue weighted by Gasteiger charge is -2.10. The number of amides is 1. The van der Waals surface area contributed by atoms with Gasteiger partial charge in [0.05, 0.1) is 4.90 Å². The van der Waals surface area contributed by atoms with E-state index in [0.29, 0.717) is 11.3 Å². The van der Waals surface area contributed by atoms with Crippen LogP contribution in [0.2, 0.25) is 0 Å². The Labute approximate surface area is 107 Å². The second-order valence-electron chi connectivity index (χ2n) is 4.48. The molecule has 0 aliphatic rings. The molecular weight excluding hydrogens is 252 g/mol. The summed E-state index contributed by atoms with van der Waals surface area (Å²) >= 11 is 0. The quantitative estimate of drug-likeness (QED) is 0.856. The van der Waals surface area contributed by atoms with E-state index < -0.39 is 9.84 Å². The molecule has 1 atom stereocenters. The van der Waals surface area contributed by atoms with E-state index in [-0.39, 0.29) is 23.3 Å². The first-order valence-corrected chi connectivity index (χ1v) is 7.45. The van der Waals surface area contributed by atoms with E-state index in [1.54, 1.807) is 26.0 Å². The summed E-state index contributed by atoms with van der Waals surface area (Å²) in [7, 11) is -3.29. The van der Waals surface area contributed by atoms with E-state index in [4.69, 9.17) is 5.73 Å². The Balaban J connectivity index is 2.96. The zero-order chi connectivity index (χ0) is 13.9. The van der Waals surface area contributed by atoms with Crippen molar-refractivity contribution in [2.24, 2.45) is 5.73 Å². The molecule has 0 fully saturated rings. The van der Waals surface area contributed by atoms with Crippen molar-refractivity contribution in [2.75, 3.05) is 11.6 Å². The summed E-state index contributed by atoms with van der Waals surface area (Å²) in [4.78, 5) is 11.8. The minimum Gasteiger partial charge on any atom is -0.327 e. The molecule has 100 valence electrons.